The first-order valence-electron chi connectivity index (χ1n) is 7.25. The second-order valence-electron chi connectivity index (χ2n) is 5.61. The summed E-state index contributed by atoms with van der Waals surface area (Å²) < 4.78 is 51.1. The number of benzene rings is 1. The van der Waals surface area contributed by atoms with Crippen LogP contribution in [0.15, 0.2) is 30.3 Å². The summed E-state index contributed by atoms with van der Waals surface area (Å²) in [5.41, 5.74) is 1.000. The molecule has 0 radical (unpaired) electrons. The van der Waals surface area contributed by atoms with Gasteiger partial charge in [-0.25, -0.2) is 25.9 Å². The zero-order valence-electron chi connectivity index (χ0n) is 12.6. The Morgan fingerprint density at radius 3 is 2.23 bits per heavy atom. The maximum Gasteiger partial charge on any atom is 0.214 e. The van der Waals surface area contributed by atoms with Crippen LogP contribution in [0.4, 0.5) is 0 Å². The summed E-state index contributed by atoms with van der Waals surface area (Å²) in [7, 11) is -6.53. The van der Waals surface area contributed by atoms with Crippen LogP contribution in [-0.2, 0) is 26.5 Å². The predicted molar refractivity (Wildman–Crippen MR) is 86.5 cm³/mol. The first-order valence-corrected chi connectivity index (χ1v) is 10.8. The Bertz CT molecular complexity index is 679. The highest BCUT2D eigenvalue weighted by Gasteiger charge is 2.28. The van der Waals surface area contributed by atoms with Gasteiger partial charge in [0.2, 0.25) is 20.0 Å². The molecule has 0 bridgehead atoms. The van der Waals surface area contributed by atoms with Crippen molar-refractivity contribution in [2.75, 3.05) is 25.1 Å². The van der Waals surface area contributed by atoms with E-state index in [1.54, 1.807) is 0 Å². The van der Waals surface area contributed by atoms with Gasteiger partial charge >= 0.3 is 0 Å². The van der Waals surface area contributed by atoms with Gasteiger partial charge in [-0.2, -0.15) is 0 Å². The quantitative estimate of drug-likeness (QED) is 0.816. The molecule has 1 fully saturated rings. The van der Waals surface area contributed by atoms with E-state index in [0.29, 0.717) is 32.4 Å². The zero-order chi connectivity index (χ0) is 16.2. The number of rotatable bonds is 6. The zero-order valence-corrected chi connectivity index (χ0v) is 14.2. The normalized spacial score (nSPS) is 18.4. The van der Waals surface area contributed by atoms with E-state index in [2.05, 4.69) is 4.72 Å². The van der Waals surface area contributed by atoms with Crippen LogP contribution < -0.4 is 4.72 Å². The molecule has 1 aromatic carbocycles. The molecule has 6 nitrogen and oxygen atoms in total. The Labute approximate surface area is 132 Å². The highest BCUT2D eigenvalue weighted by molar-refractivity contribution is 7.89. The molecule has 0 aliphatic carbocycles. The molecule has 0 amide bonds. The molecule has 2 rings (SSSR count). The molecular formula is C14H22N2O4S2. The Kier molecular flexibility index (Phi) is 5.60. The predicted octanol–water partition coefficient (Wildman–Crippen LogP) is 0.573. The van der Waals surface area contributed by atoms with Crippen LogP contribution in [0.5, 0.6) is 0 Å². The van der Waals surface area contributed by atoms with E-state index in [1.165, 1.54) is 4.31 Å². The van der Waals surface area contributed by atoms with E-state index >= 15 is 0 Å². The molecule has 1 N–H and O–H groups in total. The van der Waals surface area contributed by atoms with E-state index in [-0.39, 0.29) is 11.8 Å². The van der Waals surface area contributed by atoms with Crippen LogP contribution in [0.1, 0.15) is 18.4 Å². The minimum atomic E-state index is -3.29. The molecule has 1 aliphatic heterocycles. The number of nitrogens with zero attached hydrogens (tertiary/aromatic N) is 1. The summed E-state index contributed by atoms with van der Waals surface area (Å²) in [5, 5.41) is 0. The van der Waals surface area contributed by atoms with E-state index < -0.39 is 20.0 Å². The van der Waals surface area contributed by atoms with Gasteiger partial charge in [0.15, 0.2) is 0 Å². The smallest absolute Gasteiger partial charge is 0.213 e. The summed E-state index contributed by atoms with van der Waals surface area (Å²) >= 11 is 0. The lowest BCUT2D eigenvalue weighted by molar-refractivity contribution is 0.309. The number of sulfonamides is 2. The lowest BCUT2D eigenvalue weighted by Crippen LogP contribution is -2.46. The highest BCUT2D eigenvalue weighted by atomic mass is 32.2. The number of hydrogen-bond acceptors (Lipinski definition) is 4. The molecule has 1 saturated heterocycles. The Morgan fingerprint density at radius 1 is 1.09 bits per heavy atom. The first-order chi connectivity index (χ1) is 10.3. The van der Waals surface area contributed by atoms with Crippen molar-refractivity contribution in [1.82, 2.24) is 9.03 Å². The largest absolute Gasteiger partial charge is 0.214 e. The highest BCUT2D eigenvalue weighted by Crippen LogP contribution is 2.16. The third kappa shape index (κ3) is 5.35. The van der Waals surface area contributed by atoms with Crippen molar-refractivity contribution >= 4 is 20.0 Å². The Morgan fingerprint density at radius 2 is 1.68 bits per heavy atom. The van der Waals surface area contributed by atoms with Crippen molar-refractivity contribution in [3.63, 3.8) is 0 Å². The number of aryl methyl sites for hydroxylation is 1. The van der Waals surface area contributed by atoms with Crippen LogP contribution in [0, 0.1) is 0 Å². The molecule has 0 unspecified atom stereocenters. The lowest BCUT2D eigenvalue weighted by Gasteiger charge is -2.31. The van der Waals surface area contributed by atoms with Gasteiger partial charge in [-0.05, 0) is 24.8 Å². The molecule has 8 heteroatoms. The Hall–Kier alpha value is -0.960. The monoisotopic (exact) mass is 346 g/mol. The van der Waals surface area contributed by atoms with Crippen LogP contribution in [0.25, 0.3) is 0 Å². The van der Waals surface area contributed by atoms with Gasteiger partial charge in [-0.3, -0.25) is 0 Å². The fourth-order valence-corrected chi connectivity index (χ4v) is 4.94. The molecule has 0 saturated carbocycles. The fraction of sp³-hybridized carbons (Fsp3) is 0.571. The van der Waals surface area contributed by atoms with Crippen LogP contribution in [0.3, 0.4) is 0 Å². The van der Waals surface area contributed by atoms with E-state index in [4.69, 9.17) is 0 Å². The maximum atomic E-state index is 12.3. The fourth-order valence-electron chi connectivity index (χ4n) is 2.58. The maximum absolute atomic E-state index is 12.3. The third-order valence-electron chi connectivity index (χ3n) is 3.72. The number of hydrogen-bond donors (Lipinski definition) is 1. The van der Waals surface area contributed by atoms with Gasteiger partial charge in [0.25, 0.3) is 0 Å². The van der Waals surface area contributed by atoms with Crippen molar-refractivity contribution in [1.29, 1.82) is 0 Å². The van der Waals surface area contributed by atoms with Gasteiger partial charge in [-0.1, -0.05) is 30.3 Å². The minimum Gasteiger partial charge on any atom is -0.213 e. The molecule has 0 aromatic heterocycles. The molecule has 0 atom stereocenters. The van der Waals surface area contributed by atoms with Crippen molar-refractivity contribution in [2.24, 2.45) is 0 Å². The van der Waals surface area contributed by atoms with E-state index in [9.17, 15) is 16.8 Å². The average molecular weight is 346 g/mol. The second kappa shape index (κ2) is 7.08. The molecule has 124 valence electrons. The van der Waals surface area contributed by atoms with Gasteiger partial charge < -0.3 is 0 Å². The summed E-state index contributed by atoms with van der Waals surface area (Å²) in [6, 6.07) is 9.34. The summed E-state index contributed by atoms with van der Waals surface area (Å²) in [6.45, 7) is 0.731. The first kappa shape index (κ1) is 17.4. The third-order valence-corrected chi connectivity index (χ3v) is 6.35. The summed E-state index contributed by atoms with van der Waals surface area (Å²) in [4.78, 5) is 0. The van der Waals surface area contributed by atoms with Crippen LogP contribution in [0.2, 0.25) is 0 Å². The van der Waals surface area contributed by atoms with Crippen LogP contribution >= 0.6 is 0 Å². The number of piperidine rings is 1. The molecular weight excluding hydrogens is 324 g/mol. The minimum absolute atomic E-state index is 0.0845. The van der Waals surface area contributed by atoms with Crippen molar-refractivity contribution in [2.45, 2.75) is 25.3 Å². The van der Waals surface area contributed by atoms with Gasteiger partial charge in [-0.15, -0.1) is 0 Å². The van der Waals surface area contributed by atoms with Gasteiger partial charge in [0.05, 0.1) is 12.0 Å². The molecule has 22 heavy (non-hydrogen) atoms. The average Bonchev–Trinajstić information content (AvgIpc) is 2.45. The SMILES string of the molecule is CS(=O)(=O)NC1CCN(S(=O)(=O)CCc2ccccc2)CC1. The van der Waals surface area contributed by atoms with Gasteiger partial charge in [0, 0.05) is 19.1 Å². The van der Waals surface area contributed by atoms with Crippen molar-refractivity contribution in [3.05, 3.63) is 35.9 Å². The van der Waals surface area contributed by atoms with Crippen molar-refractivity contribution < 1.29 is 16.8 Å². The summed E-state index contributed by atoms with van der Waals surface area (Å²) in [5.74, 6) is 0.0845. The topological polar surface area (TPSA) is 83.6 Å². The van der Waals surface area contributed by atoms with Crippen molar-refractivity contribution in [3.8, 4) is 0 Å². The van der Waals surface area contributed by atoms with E-state index in [1.807, 2.05) is 30.3 Å². The summed E-state index contributed by atoms with van der Waals surface area (Å²) in [6.07, 6.45) is 2.63. The van der Waals surface area contributed by atoms with E-state index in [0.717, 1.165) is 11.8 Å². The molecule has 1 heterocycles. The standard InChI is InChI=1S/C14H22N2O4S2/c1-21(17,18)15-14-7-10-16(11-8-14)22(19,20)12-9-13-5-3-2-4-6-13/h2-6,14-15H,7-12H2,1H3. The van der Waals surface area contributed by atoms with Gasteiger partial charge in [0.1, 0.15) is 0 Å². The van der Waals surface area contributed by atoms with Crippen LogP contribution in [-0.4, -0.2) is 52.3 Å². The molecule has 1 aromatic rings. The second-order valence-corrected chi connectivity index (χ2v) is 9.48. The molecule has 0 spiro atoms. The Balaban J connectivity index is 1.87. The lowest BCUT2D eigenvalue weighted by atomic mass is 10.1. The molecule has 1 aliphatic rings. The number of nitrogens with one attached hydrogen (secondary N) is 1.